The lowest BCUT2D eigenvalue weighted by Crippen LogP contribution is -1.98. The topological polar surface area (TPSA) is 48.1 Å². The maximum absolute atomic E-state index is 5.83. The molecule has 3 nitrogen and oxygen atoms in total. The van der Waals surface area contributed by atoms with Gasteiger partial charge in [0.05, 0.1) is 7.11 Å². The molecule has 0 aliphatic carbocycles. The van der Waals surface area contributed by atoms with Crippen LogP contribution in [-0.2, 0) is 6.42 Å². The maximum atomic E-state index is 5.83. The van der Waals surface area contributed by atoms with Gasteiger partial charge in [-0.1, -0.05) is 18.2 Å². The molecule has 1 aromatic heterocycles. The van der Waals surface area contributed by atoms with Crippen molar-refractivity contribution >= 4 is 5.82 Å². The number of aromatic nitrogens is 1. The van der Waals surface area contributed by atoms with Crippen molar-refractivity contribution in [1.82, 2.24) is 4.98 Å². The third-order valence-corrected chi connectivity index (χ3v) is 2.78. The van der Waals surface area contributed by atoms with E-state index in [0.717, 1.165) is 23.3 Å². The number of pyridine rings is 1. The van der Waals surface area contributed by atoms with Gasteiger partial charge in [-0.25, -0.2) is 4.98 Å². The molecule has 2 N–H and O–H groups in total. The predicted octanol–water partition coefficient (Wildman–Crippen LogP) is 2.57. The molecule has 1 heterocycles. The Bertz CT molecular complexity index is 523. The molecule has 0 atom stereocenters. The lowest BCUT2D eigenvalue weighted by Gasteiger charge is -2.08. The molecule has 0 aliphatic heterocycles. The van der Waals surface area contributed by atoms with E-state index in [1.165, 1.54) is 5.56 Å². The first-order valence-corrected chi connectivity index (χ1v) is 5.53. The second-order valence-electron chi connectivity index (χ2n) is 4.03. The quantitative estimate of drug-likeness (QED) is 0.878. The summed E-state index contributed by atoms with van der Waals surface area (Å²) in [4.78, 5) is 4.08. The molecule has 0 bridgehead atoms. The summed E-state index contributed by atoms with van der Waals surface area (Å²) in [6.45, 7) is 2.04. The number of nitrogens with zero attached hydrogens (tertiary/aromatic N) is 1. The number of benzene rings is 1. The Morgan fingerprint density at radius 2 is 2.12 bits per heavy atom. The van der Waals surface area contributed by atoms with E-state index < -0.39 is 0 Å². The molecule has 17 heavy (non-hydrogen) atoms. The monoisotopic (exact) mass is 228 g/mol. The fourth-order valence-electron chi connectivity index (χ4n) is 1.87. The first kappa shape index (κ1) is 11.5. The highest BCUT2D eigenvalue weighted by Crippen LogP contribution is 2.21. The van der Waals surface area contributed by atoms with Crippen molar-refractivity contribution in [2.75, 3.05) is 12.8 Å². The summed E-state index contributed by atoms with van der Waals surface area (Å²) in [5.41, 5.74) is 9.22. The molecule has 88 valence electrons. The average molecular weight is 228 g/mol. The minimum atomic E-state index is 0.598. The van der Waals surface area contributed by atoms with Gasteiger partial charge in [0.25, 0.3) is 0 Å². The molecule has 3 heteroatoms. The molecule has 0 aliphatic rings. The number of rotatable bonds is 3. The highest BCUT2D eigenvalue weighted by molar-refractivity contribution is 5.44. The van der Waals surface area contributed by atoms with Crippen molar-refractivity contribution in [3.05, 3.63) is 53.2 Å². The fourth-order valence-corrected chi connectivity index (χ4v) is 1.87. The lowest BCUT2D eigenvalue weighted by atomic mass is 10.0. The molecular formula is C14H16N2O. The SMILES string of the molecule is COc1ccc(Cc2cccnc2N)cc1C. The van der Waals surface area contributed by atoms with E-state index in [-0.39, 0.29) is 0 Å². The van der Waals surface area contributed by atoms with Gasteiger partial charge in [-0.2, -0.15) is 0 Å². The maximum Gasteiger partial charge on any atom is 0.126 e. The van der Waals surface area contributed by atoms with E-state index in [2.05, 4.69) is 17.1 Å². The van der Waals surface area contributed by atoms with Crippen LogP contribution >= 0.6 is 0 Å². The molecule has 0 spiro atoms. The summed E-state index contributed by atoms with van der Waals surface area (Å²) in [7, 11) is 1.68. The van der Waals surface area contributed by atoms with Crippen LogP contribution in [0.2, 0.25) is 0 Å². The van der Waals surface area contributed by atoms with Crippen LogP contribution in [0.1, 0.15) is 16.7 Å². The number of nitrogens with two attached hydrogens (primary N) is 1. The van der Waals surface area contributed by atoms with E-state index in [1.54, 1.807) is 13.3 Å². The number of methoxy groups -OCH3 is 1. The van der Waals surface area contributed by atoms with Crippen molar-refractivity contribution in [2.24, 2.45) is 0 Å². The first-order valence-electron chi connectivity index (χ1n) is 5.53. The van der Waals surface area contributed by atoms with Gasteiger partial charge in [0.15, 0.2) is 0 Å². The molecule has 0 fully saturated rings. The third-order valence-electron chi connectivity index (χ3n) is 2.78. The van der Waals surface area contributed by atoms with Crippen LogP contribution in [0.5, 0.6) is 5.75 Å². The average Bonchev–Trinajstić information content (AvgIpc) is 2.32. The molecule has 2 rings (SSSR count). The summed E-state index contributed by atoms with van der Waals surface area (Å²) in [6.07, 6.45) is 2.50. The molecule has 0 unspecified atom stereocenters. The Hall–Kier alpha value is -2.03. The number of aryl methyl sites for hydroxylation is 1. The Morgan fingerprint density at radius 3 is 2.76 bits per heavy atom. The zero-order valence-corrected chi connectivity index (χ0v) is 10.1. The van der Waals surface area contributed by atoms with Crippen LogP contribution in [0.3, 0.4) is 0 Å². The van der Waals surface area contributed by atoms with Crippen LogP contribution in [0.25, 0.3) is 0 Å². The zero-order valence-electron chi connectivity index (χ0n) is 10.1. The van der Waals surface area contributed by atoms with E-state index in [1.807, 2.05) is 25.1 Å². The Labute approximate surface area is 101 Å². The zero-order chi connectivity index (χ0) is 12.3. The smallest absolute Gasteiger partial charge is 0.126 e. The molecule has 0 radical (unpaired) electrons. The van der Waals surface area contributed by atoms with Gasteiger partial charge in [-0.15, -0.1) is 0 Å². The van der Waals surface area contributed by atoms with Crippen LogP contribution in [0.4, 0.5) is 5.82 Å². The summed E-state index contributed by atoms with van der Waals surface area (Å²) in [6, 6.07) is 10.1. The molecule has 1 aromatic carbocycles. The molecular weight excluding hydrogens is 212 g/mol. The summed E-state index contributed by atoms with van der Waals surface area (Å²) in [5, 5.41) is 0. The number of hydrogen-bond acceptors (Lipinski definition) is 3. The van der Waals surface area contributed by atoms with E-state index in [9.17, 15) is 0 Å². The van der Waals surface area contributed by atoms with Crippen molar-refractivity contribution < 1.29 is 4.74 Å². The normalized spacial score (nSPS) is 10.2. The second-order valence-corrected chi connectivity index (χ2v) is 4.03. The van der Waals surface area contributed by atoms with Crippen LogP contribution < -0.4 is 10.5 Å². The van der Waals surface area contributed by atoms with Gasteiger partial charge in [-0.3, -0.25) is 0 Å². The molecule has 0 amide bonds. The van der Waals surface area contributed by atoms with Crippen LogP contribution in [-0.4, -0.2) is 12.1 Å². The molecule has 0 saturated carbocycles. The number of hydrogen-bond donors (Lipinski definition) is 1. The van der Waals surface area contributed by atoms with Gasteiger partial charge in [-0.05, 0) is 35.7 Å². The van der Waals surface area contributed by atoms with Crippen molar-refractivity contribution in [3.8, 4) is 5.75 Å². The largest absolute Gasteiger partial charge is 0.496 e. The number of ether oxygens (including phenoxy) is 1. The Kier molecular flexibility index (Phi) is 3.28. The van der Waals surface area contributed by atoms with Crippen LogP contribution in [0.15, 0.2) is 36.5 Å². The predicted molar refractivity (Wildman–Crippen MR) is 69.2 cm³/mol. The van der Waals surface area contributed by atoms with Gasteiger partial charge >= 0.3 is 0 Å². The Balaban J connectivity index is 2.25. The standard InChI is InChI=1S/C14H16N2O/c1-10-8-11(5-6-13(10)17-2)9-12-4-3-7-16-14(12)15/h3-8H,9H2,1-2H3,(H2,15,16). The minimum absolute atomic E-state index is 0.598. The number of nitrogen functional groups attached to an aromatic ring is 1. The fraction of sp³-hybridized carbons (Fsp3) is 0.214. The summed E-state index contributed by atoms with van der Waals surface area (Å²) in [5.74, 6) is 1.51. The van der Waals surface area contributed by atoms with E-state index in [0.29, 0.717) is 5.82 Å². The lowest BCUT2D eigenvalue weighted by molar-refractivity contribution is 0.411. The third kappa shape index (κ3) is 2.56. The van der Waals surface area contributed by atoms with Gasteiger partial charge in [0, 0.05) is 12.6 Å². The Morgan fingerprint density at radius 1 is 1.29 bits per heavy atom. The second kappa shape index (κ2) is 4.87. The number of anilines is 1. The summed E-state index contributed by atoms with van der Waals surface area (Å²) < 4.78 is 5.24. The highest BCUT2D eigenvalue weighted by Gasteiger charge is 2.03. The van der Waals surface area contributed by atoms with E-state index >= 15 is 0 Å². The van der Waals surface area contributed by atoms with Crippen molar-refractivity contribution in [3.63, 3.8) is 0 Å². The first-order chi connectivity index (χ1) is 8.20. The summed E-state index contributed by atoms with van der Waals surface area (Å²) >= 11 is 0. The minimum Gasteiger partial charge on any atom is -0.496 e. The highest BCUT2D eigenvalue weighted by atomic mass is 16.5. The van der Waals surface area contributed by atoms with Crippen molar-refractivity contribution in [1.29, 1.82) is 0 Å². The molecule has 0 saturated heterocycles. The van der Waals surface area contributed by atoms with Gasteiger partial charge < -0.3 is 10.5 Å². The molecule has 2 aromatic rings. The van der Waals surface area contributed by atoms with E-state index in [4.69, 9.17) is 10.5 Å². The van der Waals surface area contributed by atoms with Gasteiger partial charge in [0.1, 0.15) is 11.6 Å². The van der Waals surface area contributed by atoms with Crippen LogP contribution in [0, 0.1) is 6.92 Å². The van der Waals surface area contributed by atoms with Gasteiger partial charge in [0.2, 0.25) is 0 Å². The van der Waals surface area contributed by atoms with Crippen molar-refractivity contribution in [2.45, 2.75) is 13.3 Å².